The van der Waals surface area contributed by atoms with Gasteiger partial charge in [-0.15, -0.1) is 0 Å². The van der Waals surface area contributed by atoms with Crippen molar-refractivity contribution in [2.24, 2.45) is 17.8 Å². The normalized spacial score (nSPS) is 26.8. The lowest BCUT2D eigenvalue weighted by Crippen LogP contribution is -2.63. The lowest BCUT2D eigenvalue weighted by atomic mass is 9.70. The average Bonchev–Trinajstić information content (AvgIpc) is 3.61. The SMILES string of the molecule is Cc1ncnc(C)c1C(=O)N1CC2CN(CCC3(c4ccccc4)CN(C(=O)C4CCOC4)C3)CC2C1. The van der Waals surface area contributed by atoms with Crippen LogP contribution >= 0.6 is 0 Å². The van der Waals surface area contributed by atoms with Crippen LogP contribution in [0.15, 0.2) is 36.7 Å². The fraction of sp³-hybridized carbons (Fsp3) is 0.586. The Kier molecular flexibility index (Phi) is 6.49. The molecule has 4 saturated heterocycles. The zero-order valence-electron chi connectivity index (χ0n) is 21.9. The minimum Gasteiger partial charge on any atom is -0.381 e. The van der Waals surface area contributed by atoms with Crippen LogP contribution in [0.2, 0.25) is 0 Å². The van der Waals surface area contributed by atoms with Gasteiger partial charge in [-0.1, -0.05) is 30.3 Å². The van der Waals surface area contributed by atoms with Gasteiger partial charge in [0.05, 0.1) is 29.5 Å². The topological polar surface area (TPSA) is 78.9 Å². The molecule has 6 rings (SSSR count). The molecule has 0 radical (unpaired) electrons. The van der Waals surface area contributed by atoms with E-state index in [1.54, 1.807) is 0 Å². The molecule has 37 heavy (non-hydrogen) atoms. The largest absolute Gasteiger partial charge is 0.381 e. The summed E-state index contributed by atoms with van der Waals surface area (Å²) in [4.78, 5) is 41.3. The van der Waals surface area contributed by atoms with E-state index in [9.17, 15) is 9.59 Å². The summed E-state index contributed by atoms with van der Waals surface area (Å²) in [6.07, 6.45) is 3.42. The third-order valence-electron chi connectivity index (χ3n) is 9.16. The Balaban J connectivity index is 1.06. The molecule has 2 amide bonds. The van der Waals surface area contributed by atoms with Crippen molar-refractivity contribution in [1.82, 2.24) is 24.7 Å². The predicted octanol–water partition coefficient (Wildman–Crippen LogP) is 2.30. The number of ether oxygens (including phenoxy) is 1. The molecule has 0 saturated carbocycles. The van der Waals surface area contributed by atoms with Crippen LogP contribution in [0.4, 0.5) is 0 Å². The molecule has 8 nitrogen and oxygen atoms in total. The van der Waals surface area contributed by atoms with Crippen molar-refractivity contribution in [3.63, 3.8) is 0 Å². The number of carbonyl (C=O) groups is 2. The van der Waals surface area contributed by atoms with Gasteiger partial charge < -0.3 is 19.4 Å². The molecule has 4 aliphatic heterocycles. The van der Waals surface area contributed by atoms with Gasteiger partial charge in [-0.05, 0) is 50.6 Å². The Morgan fingerprint density at radius 3 is 2.27 bits per heavy atom. The summed E-state index contributed by atoms with van der Waals surface area (Å²) < 4.78 is 5.46. The van der Waals surface area contributed by atoms with Crippen LogP contribution < -0.4 is 0 Å². The second-order valence-corrected chi connectivity index (χ2v) is 11.6. The zero-order valence-corrected chi connectivity index (χ0v) is 21.9. The summed E-state index contributed by atoms with van der Waals surface area (Å²) in [5.74, 6) is 1.41. The molecule has 0 bridgehead atoms. The van der Waals surface area contributed by atoms with Crippen LogP contribution in [0.25, 0.3) is 0 Å². The highest BCUT2D eigenvalue weighted by Gasteiger charge is 2.49. The van der Waals surface area contributed by atoms with Crippen LogP contribution in [0.1, 0.15) is 40.2 Å². The molecular formula is C29H37N5O3. The van der Waals surface area contributed by atoms with Gasteiger partial charge in [0, 0.05) is 51.3 Å². The zero-order chi connectivity index (χ0) is 25.6. The van der Waals surface area contributed by atoms with Crippen LogP contribution in [0.5, 0.6) is 0 Å². The summed E-state index contributed by atoms with van der Waals surface area (Å²) in [5.41, 5.74) is 3.55. The highest BCUT2D eigenvalue weighted by molar-refractivity contribution is 5.96. The van der Waals surface area contributed by atoms with E-state index in [4.69, 9.17) is 4.74 Å². The van der Waals surface area contributed by atoms with E-state index in [0.29, 0.717) is 30.6 Å². The van der Waals surface area contributed by atoms with Crippen molar-refractivity contribution in [2.45, 2.75) is 32.1 Å². The number of fused-ring (bicyclic) bond motifs is 1. The smallest absolute Gasteiger partial charge is 0.257 e. The van der Waals surface area contributed by atoms with Crippen LogP contribution in [-0.4, -0.2) is 95.5 Å². The summed E-state index contributed by atoms with van der Waals surface area (Å²) in [5, 5.41) is 0. The minimum atomic E-state index is 0.0262. The number of benzene rings is 1. The third-order valence-corrected chi connectivity index (χ3v) is 9.16. The van der Waals surface area contributed by atoms with Crippen molar-refractivity contribution in [3.05, 3.63) is 59.2 Å². The van der Waals surface area contributed by atoms with E-state index < -0.39 is 0 Å². The maximum atomic E-state index is 13.2. The minimum absolute atomic E-state index is 0.0262. The molecule has 3 unspecified atom stereocenters. The molecule has 4 fully saturated rings. The van der Waals surface area contributed by atoms with Crippen LogP contribution in [0, 0.1) is 31.6 Å². The first-order valence-electron chi connectivity index (χ1n) is 13.7. The Morgan fingerprint density at radius 2 is 1.65 bits per heavy atom. The molecule has 3 atom stereocenters. The van der Waals surface area contributed by atoms with E-state index in [-0.39, 0.29) is 23.1 Å². The number of carbonyl (C=O) groups excluding carboxylic acids is 2. The standard InChI is InChI=1S/C29H37N5O3/c1-20-26(21(2)31-19-30-20)28(36)33-14-23-12-32(13-24(23)15-33)10-9-29(25-6-4-3-5-7-25)17-34(18-29)27(35)22-8-11-37-16-22/h3-7,19,22-24H,8-18H2,1-2H3. The first-order valence-corrected chi connectivity index (χ1v) is 13.7. The summed E-state index contributed by atoms with van der Waals surface area (Å²) in [6, 6.07) is 10.7. The van der Waals surface area contributed by atoms with E-state index >= 15 is 0 Å². The quantitative estimate of drug-likeness (QED) is 0.602. The number of amides is 2. The molecule has 4 aliphatic rings. The first-order chi connectivity index (χ1) is 17.9. The predicted molar refractivity (Wildman–Crippen MR) is 139 cm³/mol. The van der Waals surface area contributed by atoms with Gasteiger partial charge >= 0.3 is 0 Å². The highest BCUT2D eigenvalue weighted by atomic mass is 16.5. The lowest BCUT2D eigenvalue weighted by molar-refractivity contribution is -0.144. The Labute approximate surface area is 219 Å². The molecule has 5 heterocycles. The molecule has 0 aliphatic carbocycles. The Morgan fingerprint density at radius 1 is 0.973 bits per heavy atom. The number of hydrogen-bond acceptors (Lipinski definition) is 6. The van der Waals surface area contributed by atoms with E-state index in [1.165, 1.54) is 11.9 Å². The van der Waals surface area contributed by atoms with Gasteiger partial charge in [-0.25, -0.2) is 9.97 Å². The molecule has 1 aromatic heterocycles. The second kappa shape index (κ2) is 9.80. The molecule has 196 valence electrons. The fourth-order valence-corrected chi connectivity index (χ4v) is 6.98. The maximum Gasteiger partial charge on any atom is 0.257 e. The molecule has 0 N–H and O–H groups in total. The first kappa shape index (κ1) is 24.5. The summed E-state index contributed by atoms with van der Waals surface area (Å²) >= 11 is 0. The van der Waals surface area contributed by atoms with E-state index in [0.717, 1.165) is 70.0 Å². The highest BCUT2D eigenvalue weighted by Crippen LogP contribution is 2.40. The molecule has 8 heteroatoms. The Bertz CT molecular complexity index is 1130. The second-order valence-electron chi connectivity index (χ2n) is 11.6. The molecule has 1 aromatic carbocycles. The third kappa shape index (κ3) is 4.55. The van der Waals surface area contributed by atoms with Crippen LogP contribution in [-0.2, 0) is 14.9 Å². The summed E-state index contributed by atoms with van der Waals surface area (Å²) in [6.45, 7) is 11.4. The Hall–Kier alpha value is -2.84. The number of nitrogens with zero attached hydrogens (tertiary/aromatic N) is 5. The van der Waals surface area contributed by atoms with Crippen molar-refractivity contribution in [3.8, 4) is 0 Å². The van der Waals surface area contributed by atoms with Gasteiger partial charge in [0.25, 0.3) is 5.91 Å². The number of hydrogen-bond donors (Lipinski definition) is 0. The van der Waals surface area contributed by atoms with Crippen molar-refractivity contribution >= 4 is 11.8 Å². The van der Waals surface area contributed by atoms with E-state index in [2.05, 4.69) is 45.2 Å². The van der Waals surface area contributed by atoms with Gasteiger partial charge in [0.1, 0.15) is 6.33 Å². The number of rotatable bonds is 6. The van der Waals surface area contributed by atoms with Crippen molar-refractivity contribution in [2.75, 3.05) is 59.0 Å². The van der Waals surface area contributed by atoms with Gasteiger partial charge in [0.15, 0.2) is 0 Å². The summed E-state index contributed by atoms with van der Waals surface area (Å²) in [7, 11) is 0. The number of likely N-dealkylation sites (tertiary alicyclic amines) is 3. The van der Waals surface area contributed by atoms with Gasteiger partial charge in [-0.2, -0.15) is 0 Å². The molecular weight excluding hydrogens is 466 g/mol. The number of aromatic nitrogens is 2. The maximum absolute atomic E-state index is 13.2. The van der Waals surface area contributed by atoms with Crippen LogP contribution in [0.3, 0.4) is 0 Å². The fourth-order valence-electron chi connectivity index (χ4n) is 6.98. The van der Waals surface area contributed by atoms with E-state index in [1.807, 2.05) is 23.6 Å². The molecule has 0 spiro atoms. The van der Waals surface area contributed by atoms with Crippen molar-refractivity contribution < 1.29 is 14.3 Å². The lowest BCUT2D eigenvalue weighted by Gasteiger charge is -2.52. The molecule has 2 aromatic rings. The monoisotopic (exact) mass is 503 g/mol. The van der Waals surface area contributed by atoms with Gasteiger partial charge in [0.2, 0.25) is 5.91 Å². The van der Waals surface area contributed by atoms with Crippen molar-refractivity contribution in [1.29, 1.82) is 0 Å². The average molecular weight is 504 g/mol. The number of aryl methyl sites for hydroxylation is 2. The van der Waals surface area contributed by atoms with Gasteiger partial charge in [-0.3, -0.25) is 9.59 Å².